The van der Waals surface area contributed by atoms with Crippen LogP contribution in [0.25, 0.3) is 0 Å². The van der Waals surface area contributed by atoms with E-state index < -0.39 is 17.2 Å². The Kier molecular flexibility index (Phi) is 5.53. The predicted octanol–water partition coefficient (Wildman–Crippen LogP) is 0.151. The molecule has 1 heterocycles. The van der Waals surface area contributed by atoms with E-state index in [2.05, 4.69) is 10.6 Å². The maximum Gasteiger partial charge on any atom is 0.331 e. The van der Waals surface area contributed by atoms with Gasteiger partial charge in [-0.1, -0.05) is 18.2 Å². The van der Waals surface area contributed by atoms with Gasteiger partial charge in [0.2, 0.25) is 5.91 Å². The van der Waals surface area contributed by atoms with Crippen LogP contribution in [-0.2, 0) is 18.9 Å². The van der Waals surface area contributed by atoms with E-state index in [1.807, 2.05) is 25.1 Å². The largest absolute Gasteiger partial charge is 0.350 e. The van der Waals surface area contributed by atoms with Crippen molar-refractivity contribution in [1.29, 1.82) is 0 Å². The predicted molar refractivity (Wildman–Crippen MR) is 93.7 cm³/mol. The summed E-state index contributed by atoms with van der Waals surface area (Å²) < 4.78 is 2.00. The van der Waals surface area contributed by atoms with Gasteiger partial charge in [-0.15, -0.1) is 0 Å². The molecule has 8 nitrogen and oxygen atoms in total. The maximum absolute atomic E-state index is 12.1. The highest BCUT2D eigenvalue weighted by molar-refractivity contribution is 5.94. The zero-order valence-electron chi connectivity index (χ0n) is 14.3. The number of hydrogen-bond donors (Lipinski definition) is 2. The molecule has 1 aromatic heterocycles. The van der Waals surface area contributed by atoms with E-state index in [4.69, 9.17) is 0 Å². The lowest BCUT2D eigenvalue weighted by atomic mass is 10.2. The van der Waals surface area contributed by atoms with E-state index in [9.17, 15) is 19.2 Å². The molecule has 132 valence electrons. The fourth-order valence-corrected chi connectivity index (χ4v) is 2.26. The van der Waals surface area contributed by atoms with Crippen molar-refractivity contribution >= 4 is 17.5 Å². The third kappa shape index (κ3) is 4.23. The minimum atomic E-state index is -0.588. The van der Waals surface area contributed by atoms with Gasteiger partial charge in [0.25, 0.3) is 11.5 Å². The molecule has 2 amide bonds. The number of aromatic nitrogens is 2. The van der Waals surface area contributed by atoms with E-state index in [0.717, 1.165) is 20.8 Å². The fourth-order valence-electron chi connectivity index (χ4n) is 2.26. The number of carbonyl (C=O) groups is 2. The Hall–Kier alpha value is -3.16. The van der Waals surface area contributed by atoms with Crippen LogP contribution >= 0.6 is 0 Å². The minimum absolute atomic E-state index is 0.0487. The molecule has 0 fully saturated rings. The van der Waals surface area contributed by atoms with Gasteiger partial charge in [-0.05, 0) is 18.6 Å². The highest BCUT2D eigenvalue weighted by atomic mass is 16.2. The summed E-state index contributed by atoms with van der Waals surface area (Å²) in [6.07, 6.45) is 0.0683. The Morgan fingerprint density at radius 1 is 1.08 bits per heavy atom. The lowest BCUT2D eigenvalue weighted by Crippen LogP contribution is -2.41. The minimum Gasteiger partial charge on any atom is -0.350 e. The fraction of sp³-hybridized carbons (Fsp3) is 0.294. The Balaban J connectivity index is 1.95. The number of para-hydroxylation sites is 1. The van der Waals surface area contributed by atoms with Gasteiger partial charge in [0.15, 0.2) is 0 Å². The SMILES string of the molecule is Cc1ccccc1NC(=O)CCNC(=O)c1cc(=O)n(C)c(=O)n1C. The van der Waals surface area contributed by atoms with Crippen molar-refractivity contribution in [2.75, 3.05) is 11.9 Å². The van der Waals surface area contributed by atoms with Crippen LogP contribution in [0.15, 0.2) is 39.9 Å². The van der Waals surface area contributed by atoms with E-state index >= 15 is 0 Å². The molecule has 1 aromatic carbocycles. The topological polar surface area (TPSA) is 102 Å². The quantitative estimate of drug-likeness (QED) is 0.806. The summed E-state index contributed by atoms with van der Waals surface area (Å²) in [5, 5.41) is 5.30. The summed E-state index contributed by atoms with van der Waals surface area (Å²) in [6.45, 7) is 1.97. The van der Waals surface area contributed by atoms with Crippen molar-refractivity contribution in [3.05, 3.63) is 62.4 Å². The van der Waals surface area contributed by atoms with Gasteiger partial charge in [0.1, 0.15) is 5.69 Å². The van der Waals surface area contributed by atoms with Crippen LogP contribution in [0.3, 0.4) is 0 Å². The molecule has 0 aliphatic carbocycles. The van der Waals surface area contributed by atoms with Crippen LogP contribution in [0.2, 0.25) is 0 Å². The number of benzene rings is 1. The Morgan fingerprint density at radius 3 is 2.44 bits per heavy atom. The Bertz CT molecular complexity index is 927. The van der Waals surface area contributed by atoms with E-state index in [1.54, 1.807) is 6.07 Å². The summed E-state index contributed by atoms with van der Waals surface area (Å²) in [5.41, 5.74) is 0.454. The number of aryl methyl sites for hydroxylation is 1. The molecule has 0 bridgehead atoms. The first-order valence-electron chi connectivity index (χ1n) is 7.72. The summed E-state index contributed by atoms with van der Waals surface area (Å²) in [7, 11) is 2.74. The third-order valence-electron chi connectivity index (χ3n) is 3.82. The van der Waals surface area contributed by atoms with Crippen LogP contribution in [0.5, 0.6) is 0 Å². The normalized spacial score (nSPS) is 10.4. The van der Waals surface area contributed by atoms with Crippen molar-refractivity contribution in [3.63, 3.8) is 0 Å². The Labute approximate surface area is 144 Å². The molecule has 2 aromatic rings. The van der Waals surface area contributed by atoms with Gasteiger partial charge in [-0.25, -0.2) is 4.79 Å². The van der Waals surface area contributed by atoms with Crippen LogP contribution < -0.4 is 21.9 Å². The van der Waals surface area contributed by atoms with Gasteiger partial charge in [-0.3, -0.25) is 23.5 Å². The van der Waals surface area contributed by atoms with Crippen LogP contribution in [0.4, 0.5) is 5.69 Å². The first-order chi connectivity index (χ1) is 11.8. The lowest BCUT2D eigenvalue weighted by Gasteiger charge is -2.11. The first-order valence-corrected chi connectivity index (χ1v) is 7.72. The van der Waals surface area contributed by atoms with Gasteiger partial charge in [-0.2, -0.15) is 0 Å². The second-order valence-electron chi connectivity index (χ2n) is 5.64. The molecule has 0 radical (unpaired) electrons. The average molecular weight is 344 g/mol. The van der Waals surface area contributed by atoms with E-state index in [1.165, 1.54) is 14.1 Å². The number of rotatable bonds is 5. The lowest BCUT2D eigenvalue weighted by molar-refractivity contribution is -0.116. The van der Waals surface area contributed by atoms with Crippen molar-refractivity contribution in [2.24, 2.45) is 14.1 Å². The summed E-state index contributed by atoms with van der Waals surface area (Å²) in [5.74, 6) is -0.826. The molecule has 0 spiro atoms. The number of carbonyl (C=O) groups excluding carboxylic acids is 2. The van der Waals surface area contributed by atoms with Gasteiger partial charge in [0.05, 0.1) is 0 Å². The molecule has 2 N–H and O–H groups in total. The number of amides is 2. The number of hydrogen-bond acceptors (Lipinski definition) is 4. The molecular formula is C17H20N4O4. The highest BCUT2D eigenvalue weighted by Crippen LogP contribution is 2.13. The molecule has 0 aliphatic rings. The molecule has 0 unspecified atom stereocenters. The average Bonchev–Trinajstić information content (AvgIpc) is 2.58. The van der Waals surface area contributed by atoms with Crippen molar-refractivity contribution in [2.45, 2.75) is 13.3 Å². The molecule has 8 heteroatoms. The van der Waals surface area contributed by atoms with Crippen LogP contribution in [0.1, 0.15) is 22.5 Å². The number of anilines is 1. The zero-order valence-corrected chi connectivity index (χ0v) is 14.3. The molecule has 0 saturated heterocycles. The molecule has 25 heavy (non-hydrogen) atoms. The highest BCUT2D eigenvalue weighted by Gasteiger charge is 2.13. The van der Waals surface area contributed by atoms with E-state index in [0.29, 0.717) is 5.69 Å². The molecular weight excluding hydrogens is 324 g/mol. The van der Waals surface area contributed by atoms with Crippen LogP contribution in [0, 0.1) is 6.92 Å². The summed E-state index contributed by atoms with van der Waals surface area (Å²) >= 11 is 0. The third-order valence-corrected chi connectivity index (χ3v) is 3.82. The van der Waals surface area contributed by atoms with Crippen molar-refractivity contribution in [1.82, 2.24) is 14.5 Å². The van der Waals surface area contributed by atoms with Gasteiger partial charge in [0, 0.05) is 38.8 Å². The number of nitrogens with one attached hydrogen (secondary N) is 2. The maximum atomic E-state index is 12.1. The van der Waals surface area contributed by atoms with Crippen molar-refractivity contribution < 1.29 is 9.59 Å². The van der Waals surface area contributed by atoms with Crippen LogP contribution in [-0.4, -0.2) is 27.5 Å². The first kappa shape index (κ1) is 18.2. The smallest absolute Gasteiger partial charge is 0.331 e. The Morgan fingerprint density at radius 2 is 1.76 bits per heavy atom. The van der Waals surface area contributed by atoms with Crippen molar-refractivity contribution in [3.8, 4) is 0 Å². The standard InChI is InChI=1S/C17H20N4O4/c1-11-6-4-5-7-12(11)19-14(22)8-9-18-16(24)13-10-15(23)21(3)17(25)20(13)2/h4-7,10H,8-9H2,1-3H3,(H,18,24)(H,19,22). The van der Waals surface area contributed by atoms with Gasteiger partial charge >= 0.3 is 5.69 Å². The molecule has 2 rings (SSSR count). The molecule has 0 atom stereocenters. The summed E-state index contributed by atoms with van der Waals surface area (Å²) in [6, 6.07) is 8.46. The van der Waals surface area contributed by atoms with E-state index in [-0.39, 0.29) is 24.6 Å². The molecule has 0 saturated carbocycles. The second kappa shape index (κ2) is 7.61. The summed E-state index contributed by atoms with van der Waals surface area (Å²) in [4.78, 5) is 47.5. The monoisotopic (exact) mass is 344 g/mol. The van der Waals surface area contributed by atoms with Gasteiger partial charge < -0.3 is 10.6 Å². The second-order valence-corrected chi connectivity index (χ2v) is 5.64. The molecule has 0 aliphatic heterocycles. The zero-order chi connectivity index (χ0) is 18.6. The number of nitrogens with zero attached hydrogens (tertiary/aromatic N) is 2.